The predicted octanol–water partition coefficient (Wildman–Crippen LogP) is 3.59. The summed E-state index contributed by atoms with van der Waals surface area (Å²) < 4.78 is 5.86. The summed E-state index contributed by atoms with van der Waals surface area (Å²) in [5, 5.41) is 15.6. The van der Waals surface area contributed by atoms with Gasteiger partial charge in [-0.2, -0.15) is 0 Å². The third-order valence-corrected chi connectivity index (χ3v) is 6.45. The lowest BCUT2D eigenvalue weighted by molar-refractivity contribution is -0.125. The minimum absolute atomic E-state index is 0.00411. The van der Waals surface area contributed by atoms with E-state index in [1.807, 2.05) is 65.6 Å². The number of nitrogens with two attached hydrogens (primary N) is 1. The Balaban J connectivity index is 1.22. The number of rotatable bonds is 10. The molecule has 190 valence electrons. The molecule has 9 heteroatoms. The van der Waals surface area contributed by atoms with Crippen LogP contribution in [0.5, 0.6) is 11.5 Å². The largest absolute Gasteiger partial charge is 0.457 e. The number of hydrogen-bond donors (Lipinski definition) is 4. The third-order valence-electron chi connectivity index (χ3n) is 6.45. The lowest BCUT2D eigenvalue weighted by atomic mass is 10.0. The number of amides is 1. The third kappa shape index (κ3) is 6.31. The van der Waals surface area contributed by atoms with Crippen molar-refractivity contribution < 1.29 is 9.53 Å². The van der Waals surface area contributed by atoms with E-state index >= 15 is 0 Å². The first-order valence-electron chi connectivity index (χ1n) is 12.5. The summed E-state index contributed by atoms with van der Waals surface area (Å²) in [6.45, 7) is 1.94. The average molecular weight is 498 g/mol. The molecule has 3 aromatic rings. The normalized spacial score (nSPS) is 17.2. The van der Waals surface area contributed by atoms with Gasteiger partial charge in [-0.15, -0.1) is 0 Å². The average Bonchev–Trinajstić information content (AvgIpc) is 3.63. The molecule has 1 saturated heterocycles. The molecule has 2 fully saturated rings. The number of hydrogen-bond acceptors (Lipinski definition) is 8. The zero-order valence-corrected chi connectivity index (χ0v) is 20.6. The van der Waals surface area contributed by atoms with Crippen molar-refractivity contribution in [3.05, 3.63) is 84.2 Å². The van der Waals surface area contributed by atoms with Crippen LogP contribution >= 0.6 is 0 Å². The SMILES string of the molecule is N=C(c1ccc(Oc2ccccc2)cc1)c1c(N)ncnc1NC1CCN(C(=O)/C=C/CNC2CC2)C1. The van der Waals surface area contributed by atoms with Crippen LogP contribution in [0.3, 0.4) is 0 Å². The maximum Gasteiger partial charge on any atom is 0.246 e. The molecule has 0 spiro atoms. The van der Waals surface area contributed by atoms with Gasteiger partial charge in [0.2, 0.25) is 5.91 Å². The summed E-state index contributed by atoms with van der Waals surface area (Å²) in [7, 11) is 0. The molecule has 9 nitrogen and oxygen atoms in total. The molecular formula is C28H31N7O2. The fourth-order valence-corrected chi connectivity index (χ4v) is 4.27. The second-order valence-electron chi connectivity index (χ2n) is 9.30. The van der Waals surface area contributed by atoms with Gasteiger partial charge < -0.3 is 26.0 Å². The van der Waals surface area contributed by atoms with Crippen LogP contribution in [0.15, 0.2) is 73.1 Å². The molecule has 1 aromatic heterocycles. The zero-order valence-electron chi connectivity index (χ0n) is 20.6. The zero-order chi connectivity index (χ0) is 25.6. The molecule has 5 N–H and O–H groups in total. The number of para-hydroxylation sites is 1. The van der Waals surface area contributed by atoms with Crippen molar-refractivity contribution in [3.63, 3.8) is 0 Å². The first-order chi connectivity index (χ1) is 18.1. The maximum absolute atomic E-state index is 12.6. The number of aromatic nitrogens is 2. The Morgan fingerprint density at radius 2 is 1.81 bits per heavy atom. The van der Waals surface area contributed by atoms with Crippen molar-refractivity contribution in [1.29, 1.82) is 5.41 Å². The molecule has 2 aliphatic rings. The van der Waals surface area contributed by atoms with Gasteiger partial charge in [0.25, 0.3) is 0 Å². The Hall–Kier alpha value is -4.24. The summed E-state index contributed by atoms with van der Waals surface area (Å²) in [6.07, 6.45) is 8.15. The fourth-order valence-electron chi connectivity index (χ4n) is 4.27. The molecule has 0 radical (unpaired) electrons. The van der Waals surface area contributed by atoms with Gasteiger partial charge in [0.15, 0.2) is 0 Å². The molecule has 1 amide bonds. The number of ether oxygens (including phenoxy) is 1. The molecule has 0 bridgehead atoms. The molecule has 1 aliphatic carbocycles. The Labute approximate surface area is 216 Å². The number of nitrogens with one attached hydrogen (secondary N) is 3. The van der Waals surface area contributed by atoms with Crippen molar-refractivity contribution in [2.75, 3.05) is 30.7 Å². The van der Waals surface area contributed by atoms with Crippen LogP contribution in [0.25, 0.3) is 0 Å². The molecule has 1 saturated carbocycles. The van der Waals surface area contributed by atoms with E-state index in [2.05, 4.69) is 20.6 Å². The van der Waals surface area contributed by atoms with Crippen molar-refractivity contribution in [1.82, 2.24) is 20.2 Å². The van der Waals surface area contributed by atoms with E-state index in [-0.39, 0.29) is 23.5 Å². The minimum Gasteiger partial charge on any atom is -0.457 e. The van der Waals surface area contributed by atoms with E-state index in [0.29, 0.717) is 41.8 Å². The summed E-state index contributed by atoms with van der Waals surface area (Å²) >= 11 is 0. The quantitative estimate of drug-likeness (QED) is 0.249. The highest BCUT2D eigenvalue weighted by molar-refractivity contribution is 6.16. The van der Waals surface area contributed by atoms with Crippen molar-refractivity contribution in [2.45, 2.75) is 31.3 Å². The first kappa shape index (κ1) is 24.5. The second-order valence-corrected chi connectivity index (χ2v) is 9.30. The van der Waals surface area contributed by atoms with Crippen LogP contribution in [-0.4, -0.2) is 58.2 Å². The smallest absolute Gasteiger partial charge is 0.246 e. The van der Waals surface area contributed by atoms with E-state index in [0.717, 1.165) is 18.7 Å². The van der Waals surface area contributed by atoms with Crippen LogP contribution in [0.4, 0.5) is 11.6 Å². The number of nitrogens with zero attached hydrogens (tertiary/aromatic N) is 3. The Morgan fingerprint density at radius 3 is 2.57 bits per heavy atom. The van der Waals surface area contributed by atoms with E-state index in [9.17, 15) is 4.79 Å². The predicted molar refractivity (Wildman–Crippen MR) is 144 cm³/mol. The number of anilines is 2. The fraction of sp³-hybridized carbons (Fsp3) is 0.286. The van der Waals surface area contributed by atoms with Gasteiger partial charge >= 0.3 is 0 Å². The Bertz CT molecular complexity index is 1270. The number of carbonyl (C=O) groups excluding carboxylic acids is 1. The van der Waals surface area contributed by atoms with Crippen LogP contribution in [-0.2, 0) is 4.79 Å². The summed E-state index contributed by atoms with van der Waals surface area (Å²) in [4.78, 5) is 22.9. The molecule has 37 heavy (non-hydrogen) atoms. The molecule has 1 aliphatic heterocycles. The van der Waals surface area contributed by atoms with Crippen molar-refractivity contribution in [2.24, 2.45) is 0 Å². The second kappa shape index (κ2) is 11.2. The molecular weight excluding hydrogens is 466 g/mol. The van der Waals surface area contributed by atoms with E-state index in [4.69, 9.17) is 15.9 Å². The maximum atomic E-state index is 12.6. The highest BCUT2D eigenvalue weighted by Crippen LogP contribution is 2.26. The number of benzene rings is 2. The molecule has 5 rings (SSSR count). The lowest BCUT2D eigenvalue weighted by Gasteiger charge is -2.18. The molecule has 1 atom stereocenters. The van der Waals surface area contributed by atoms with E-state index in [1.165, 1.54) is 19.2 Å². The molecule has 1 unspecified atom stereocenters. The molecule has 2 heterocycles. The molecule has 2 aromatic carbocycles. The van der Waals surface area contributed by atoms with Gasteiger partial charge in [-0.1, -0.05) is 24.3 Å². The van der Waals surface area contributed by atoms with Crippen LogP contribution in [0.1, 0.15) is 30.4 Å². The van der Waals surface area contributed by atoms with Gasteiger partial charge in [-0.3, -0.25) is 10.2 Å². The van der Waals surface area contributed by atoms with Crippen molar-refractivity contribution in [3.8, 4) is 11.5 Å². The van der Waals surface area contributed by atoms with Crippen molar-refractivity contribution >= 4 is 23.3 Å². The highest BCUT2D eigenvalue weighted by Gasteiger charge is 2.27. The topological polar surface area (TPSA) is 129 Å². The van der Waals surface area contributed by atoms with Gasteiger partial charge in [0.05, 0.1) is 11.3 Å². The summed E-state index contributed by atoms with van der Waals surface area (Å²) in [5.41, 5.74) is 7.52. The number of carbonyl (C=O) groups is 1. The van der Waals surface area contributed by atoms with Crippen LogP contribution < -0.4 is 21.1 Å². The summed E-state index contributed by atoms with van der Waals surface area (Å²) in [5.74, 6) is 2.14. The minimum atomic E-state index is 0.00411. The Kier molecular flexibility index (Phi) is 7.41. The first-order valence-corrected chi connectivity index (χ1v) is 12.5. The van der Waals surface area contributed by atoms with E-state index < -0.39 is 0 Å². The number of nitrogen functional groups attached to an aromatic ring is 1. The van der Waals surface area contributed by atoms with Gasteiger partial charge in [0.1, 0.15) is 29.5 Å². The van der Waals surface area contributed by atoms with Gasteiger partial charge in [-0.25, -0.2) is 9.97 Å². The monoisotopic (exact) mass is 497 g/mol. The highest BCUT2D eigenvalue weighted by atomic mass is 16.5. The summed E-state index contributed by atoms with van der Waals surface area (Å²) in [6, 6.07) is 17.4. The lowest BCUT2D eigenvalue weighted by Crippen LogP contribution is -2.31. The number of likely N-dealkylation sites (tertiary alicyclic amines) is 1. The Morgan fingerprint density at radius 1 is 1.05 bits per heavy atom. The van der Waals surface area contributed by atoms with Crippen LogP contribution in [0.2, 0.25) is 0 Å². The standard InChI is InChI=1S/C28H31N7O2/c29-26(19-8-12-23(13-9-19)37-22-5-2-1-3-6-22)25-27(30)32-18-33-28(25)34-21-14-16-35(17-21)24(36)7-4-15-31-20-10-11-20/h1-9,12-13,18,20-21,29,31H,10-11,14-17H2,(H3,30,32,33,34)/b7-4+,29-26?. The van der Waals surface area contributed by atoms with Gasteiger partial charge in [-0.05, 0) is 55.7 Å². The van der Waals surface area contributed by atoms with Gasteiger partial charge in [0, 0.05) is 43.4 Å². The van der Waals surface area contributed by atoms with Crippen LogP contribution in [0, 0.1) is 5.41 Å². The van der Waals surface area contributed by atoms with E-state index in [1.54, 1.807) is 6.08 Å².